The fraction of sp³-hybridized carbons (Fsp3) is 0.222. The predicted molar refractivity (Wildman–Crippen MR) is 98.6 cm³/mol. The Morgan fingerprint density at radius 1 is 1.33 bits per heavy atom. The van der Waals surface area contributed by atoms with Crippen molar-refractivity contribution < 1.29 is 14.7 Å². The third-order valence-electron chi connectivity index (χ3n) is 4.43. The SMILES string of the molecule is O=C(NC[C@@H]1CN(C(=O)c2cccc(O)c2)Cc2ccnn21)c1cscn1. The van der Waals surface area contributed by atoms with Crippen molar-refractivity contribution in [3.63, 3.8) is 0 Å². The maximum Gasteiger partial charge on any atom is 0.270 e. The topological polar surface area (TPSA) is 100 Å². The van der Waals surface area contributed by atoms with Crippen molar-refractivity contribution in [1.82, 2.24) is 25.0 Å². The van der Waals surface area contributed by atoms with E-state index < -0.39 is 0 Å². The van der Waals surface area contributed by atoms with Crippen LogP contribution < -0.4 is 5.32 Å². The standard InChI is InChI=1S/C18H17N5O3S/c24-15-3-1-2-12(6-15)18(26)22-8-13-4-5-21-23(13)14(9-22)7-19-17(25)16-10-27-11-20-16/h1-6,10-11,14,24H,7-9H2,(H,19,25)/t14-/m1/s1. The summed E-state index contributed by atoms with van der Waals surface area (Å²) in [6, 6.07) is 7.96. The molecule has 27 heavy (non-hydrogen) atoms. The molecule has 1 atom stereocenters. The highest BCUT2D eigenvalue weighted by atomic mass is 32.1. The van der Waals surface area contributed by atoms with Gasteiger partial charge in [-0.2, -0.15) is 5.10 Å². The number of aromatic nitrogens is 3. The zero-order valence-electron chi connectivity index (χ0n) is 14.3. The van der Waals surface area contributed by atoms with E-state index in [0.29, 0.717) is 30.9 Å². The lowest BCUT2D eigenvalue weighted by Gasteiger charge is -2.34. The summed E-state index contributed by atoms with van der Waals surface area (Å²) in [4.78, 5) is 30.7. The molecular weight excluding hydrogens is 366 g/mol. The summed E-state index contributed by atoms with van der Waals surface area (Å²) in [5.74, 6) is -0.370. The molecule has 0 aliphatic carbocycles. The average Bonchev–Trinajstić information content (AvgIpc) is 3.36. The van der Waals surface area contributed by atoms with Gasteiger partial charge in [0.2, 0.25) is 0 Å². The molecule has 2 aromatic heterocycles. The molecule has 4 rings (SSSR count). The lowest BCUT2D eigenvalue weighted by Crippen LogP contribution is -2.45. The van der Waals surface area contributed by atoms with Crippen LogP contribution in [0.25, 0.3) is 0 Å². The van der Waals surface area contributed by atoms with Crippen LogP contribution in [0.3, 0.4) is 0 Å². The van der Waals surface area contributed by atoms with E-state index in [4.69, 9.17) is 0 Å². The second-order valence-corrected chi connectivity index (χ2v) is 6.96. The maximum absolute atomic E-state index is 12.8. The summed E-state index contributed by atoms with van der Waals surface area (Å²) >= 11 is 1.36. The number of carbonyl (C=O) groups excluding carboxylic acids is 2. The molecule has 0 saturated carbocycles. The molecule has 2 N–H and O–H groups in total. The van der Waals surface area contributed by atoms with Gasteiger partial charge in [-0.05, 0) is 24.3 Å². The Kier molecular flexibility index (Phi) is 4.59. The highest BCUT2D eigenvalue weighted by Crippen LogP contribution is 2.23. The number of amides is 2. The smallest absolute Gasteiger partial charge is 0.270 e. The summed E-state index contributed by atoms with van der Waals surface area (Å²) < 4.78 is 1.84. The van der Waals surface area contributed by atoms with Crippen LogP contribution in [-0.2, 0) is 6.54 Å². The zero-order chi connectivity index (χ0) is 18.8. The molecule has 0 unspecified atom stereocenters. The lowest BCUT2D eigenvalue weighted by atomic mass is 10.1. The van der Waals surface area contributed by atoms with Crippen molar-refractivity contribution in [2.75, 3.05) is 13.1 Å². The van der Waals surface area contributed by atoms with Gasteiger partial charge in [-0.15, -0.1) is 11.3 Å². The Hall–Kier alpha value is -3.20. The van der Waals surface area contributed by atoms with Crippen molar-refractivity contribution >= 4 is 23.2 Å². The Morgan fingerprint density at radius 3 is 3.00 bits per heavy atom. The van der Waals surface area contributed by atoms with E-state index >= 15 is 0 Å². The first-order chi connectivity index (χ1) is 13.1. The minimum absolute atomic E-state index is 0.0509. The van der Waals surface area contributed by atoms with Crippen LogP contribution in [0.5, 0.6) is 5.75 Å². The number of nitrogens with zero attached hydrogens (tertiary/aromatic N) is 4. The van der Waals surface area contributed by atoms with Crippen molar-refractivity contribution in [3.8, 4) is 5.75 Å². The first-order valence-corrected chi connectivity index (χ1v) is 9.33. The van der Waals surface area contributed by atoms with Gasteiger partial charge in [0.05, 0.1) is 23.8 Å². The molecule has 3 aromatic rings. The van der Waals surface area contributed by atoms with Gasteiger partial charge in [0.1, 0.15) is 11.4 Å². The fourth-order valence-corrected chi connectivity index (χ4v) is 3.67. The van der Waals surface area contributed by atoms with Crippen LogP contribution in [0.1, 0.15) is 32.6 Å². The van der Waals surface area contributed by atoms with E-state index in [1.54, 1.807) is 34.1 Å². The van der Waals surface area contributed by atoms with E-state index in [2.05, 4.69) is 15.4 Å². The minimum atomic E-state index is -0.249. The van der Waals surface area contributed by atoms with Gasteiger partial charge in [0, 0.05) is 30.2 Å². The number of thiazole rings is 1. The number of phenolic OH excluding ortho intramolecular Hbond substituents is 1. The Bertz CT molecular complexity index is 969. The number of hydrogen-bond acceptors (Lipinski definition) is 6. The number of benzene rings is 1. The van der Waals surface area contributed by atoms with Crippen LogP contribution in [0.2, 0.25) is 0 Å². The van der Waals surface area contributed by atoms with E-state index in [0.717, 1.165) is 5.69 Å². The Balaban J connectivity index is 1.50. The van der Waals surface area contributed by atoms with Gasteiger partial charge >= 0.3 is 0 Å². The molecule has 138 valence electrons. The minimum Gasteiger partial charge on any atom is -0.508 e. The highest BCUT2D eigenvalue weighted by Gasteiger charge is 2.29. The quantitative estimate of drug-likeness (QED) is 0.714. The summed E-state index contributed by atoms with van der Waals surface area (Å²) in [5.41, 5.74) is 3.30. The molecule has 2 amide bonds. The molecule has 0 bridgehead atoms. The Labute approximate surface area is 159 Å². The van der Waals surface area contributed by atoms with Gasteiger partial charge in [0.25, 0.3) is 11.8 Å². The third kappa shape index (κ3) is 3.54. The summed E-state index contributed by atoms with van der Waals surface area (Å²) in [7, 11) is 0. The van der Waals surface area contributed by atoms with Gasteiger partial charge in [0.15, 0.2) is 0 Å². The van der Waals surface area contributed by atoms with Crippen molar-refractivity contribution in [3.05, 3.63) is 64.4 Å². The number of aromatic hydroxyl groups is 1. The van der Waals surface area contributed by atoms with Gasteiger partial charge < -0.3 is 15.3 Å². The van der Waals surface area contributed by atoms with E-state index in [-0.39, 0.29) is 23.6 Å². The number of phenols is 1. The number of carbonyl (C=O) groups is 2. The van der Waals surface area contributed by atoms with Crippen molar-refractivity contribution in [2.24, 2.45) is 0 Å². The molecule has 0 fully saturated rings. The summed E-state index contributed by atoms with van der Waals surface area (Å²) in [6.07, 6.45) is 1.69. The monoisotopic (exact) mass is 383 g/mol. The van der Waals surface area contributed by atoms with E-state index in [1.165, 1.54) is 23.5 Å². The number of hydrogen-bond donors (Lipinski definition) is 2. The molecular formula is C18H17N5O3S. The Morgan fingerprint density at radius 2 is 2.22 bits per heavy atom. The molecule has 0 saturated heterocycles. The third-order valence-corrected chi connectivity index (χ3v) is 5.01. The van der Waals surface area contributed by atoms with Crippen LogP contribution in [0.15, 0.2) is 47.4 Å². The highest BCUT2D eigenvalue weighted by molar-refractivity contribution is 7.07. The summed E-state index contributed by atoms with van der Waals surface area (Å²) in [6.45, 7) is 1.15. The molecule has 3 heterocycles. The van der Waals surface area contributed by atoms with Crippen molar-refractivity contribution in [2.45, 2.75) is 12.6 Å². The van der Waals surface area contributed by atoms with Crippen LogP contribution >= 0.6 is 11.3 Å². The van der Waals surface area contributed by atoms with E-state index in [9.17, 15) is 14.7 Å². The van der Waals surface area contributed by atoms with Crippen LogP contribution in [-0.4, -0.2) is 49.7 Å². The van der Waals surface area contributed by atoms with Crippen LogP contribution in [0, 0.1) is 0 Å². The van der Waals surface area contributed by atoms with Gasteiger partial charge in [-0.3, -0.25) is 14.3 Å². The molecule has 1 aliphatic heterocycles. The normalized spacial score (nSPS) is 16.0. The largest absolute Gasteiger partial charge is 0.508 e. The van der Waals surface area contributed by atoms with Crippen LogP contribution in [0.4, 0.5) is 0 Å². The van der Waals surface area contributed by atoms with E-state index in [1.807, 2.05) is 10.7 Å². The number of fused-ring (bicyclic) bond motifs is 1. The first-order valence-electron chi connectivity index (χ1n) is 8.39. The molecule has 1 aromatic carbocycles. The van der Waals surface area contributed by atoms with Gasteiger partial charge in [-0.25, -0.2) is 4.98 Å². The molecule has 9 heteroatoms. The van der Waals surface area contributed by atoms with Gasteiger partial charge in [-0.1, -0.05) is 6.07 Å². The zero-order valence-corrected chi connectivity index (χ0v) is 15.1. The summed E-state index contributed by atoms with van der Waals surface area (Å²) in [5, 5.41) is 18.5. The second-order valence-electron chi connectivity index (χ2n) is 6.24. The molecule has 0 radical (unpaired) electrons. The maximum atomic E-state index is 12.8. The lowest BCUT2D eigenvalue weighted by molar-refractivity contribution is 0.0666. The fourth-order valence-electron chi connectivity index (χ4n) is 3.14. The molecule has 8 nitrogen and oxygen atoms in total. The number of rotatable bonds is 4. The first kappa shape index (κ1) is 17.2. The molecule has 1 aliphatic rings. The predicted octanol–water partition coefficient (Wildman–Crippen LogP) is 1.67. The second kappa shape index (κ2) is 7.20. The number of nitrogens with one attached hydrogen (secondary N) is 1. The van der Waals surface area contributed by atoms with Crippen molar-refractivity contribution in [1.29, 1.82) is 0 Å². The molecule has 0 spiro atoms. The average molecular weight is 383 g/mol.